The molecule has 8 heteroatoms. The lowest BCUT2D eigenvalue weighted by molar-refractivity contribution is 0.0849. The van der Waals surface area contributed by atoms with Gasteiger partial charge in [-0.15, -0.1) is 0 Å². The summed E-state index contributed by atoms with van der Waals surface area (Å²) in [7, 11) is 0. The average molecular weight is 410 g/mol. The van der Waals surface area contributed by atoms with Gasteiger partial charge in [-0.25, -0.2) is 4.98 Å². The molecule has 2 atom stereocenters. The molecule has 3 aromatic heterocycles. The molecule has 0 unspecified atom stereocenters. The van der Waals surface area contributed by atoms with Crippen LogP contribution in [-0.4, -0.2) is 42.3 Å². The molecular weight excluding hydrogens is 392 g/mol. The van der Waals surface area contributed by atoms with E-state index in [1.165, 1.54) is 0 Å². The van der Waals surface area contributed by atoms with E-state index in [1.54, 1.807) is 12.4 Å². The maximum absolute atomic E-state index is 12.9. The van der Waals surface area contributed by atoms with E-state index >= 15 is 0 Å². The molecule has 4 N–H and O–H groups in total. The lowest BCUT2D eigenvalue weighted by Gasteiger charge is -2.17. The number of imidazole rings is 1. The number of aliphatic hydroxyl groups excluding tert-OH is 1. The van der Waals surface area contributed by atoms with Gasteiger partial charge in [0.1, 0.15) is 5.69 Å². The number of nitrogens with one attached hydrogen (secondary N) is 3. The lowest BCUT2D eigenvalue weighted by Crippen LogP contribution is -2.34. The van der Waals surface area contributed by atoms with Crippen LogP contribution >= 0.6 is 0 Å². The van der Waals surface area contributed by atoms with Crippen LogP contribution in [0.4, 0.5) is 0 Å². The quantitative estimate of drug-likeness (QED) is 0.365. The number of aromatic nitrogens is 5. The van der Waals surface area contributed by atoms with E-state index in [9.17, 15) is 9.90 Å². The fourth-order valence-electron chi connectivity index (χ4n) is 4.32. The first-order valence-electron chi connectivity index (χ1n) is 10.0. The topological polar surface area (TPSA) is 120 Å². The number of hydrogen-bond donors (Lipinski definition) is 4. The Kier molecular flexibility index (Phi) is 3.87. The SMILES string of the molecule is O=C(N[C@H]1c2ccccc2C[C@@H]1O)c1nc2cc3c(-c4ccncc4)n[nH]c3cc2[nH]1. The van der Waals surface area contributed by atoms with Crippen LogP contribution in [0.2, 0.25) is 0 Å². The molecule has 8 nitrogen and oxygen atoms in total. The van der Waals surface area contributed by atoms with Gasteiger partial charge >= 0.3 is 0 Å². The number of carbonyl (C=O) groups is 1. The lowest BCUT2D eigenvalue weighted by atomic mass is 10.1. The second-order valence-corrected chi connectivity index (χ2v) is 7.73. The minimum absolute atomic E-state index is 0.206. The van der Waals surface area contributed by atoms with Gasteiger partial charge in [0.15, 0.2) is 5.82 Å². The van der Waals surface area contributed by atoms with Crippen molar-refractivity contribution in [3.05, 3.63) is 77.9 Å². The third kappa shape index (κ3) is 2.88. The summed E-state index contributed by atoms with van der Waals surface area (Å²) in [6.45, 7) is 0. The Labute approximate surface area is 176 Å². The van der Waals surface area contributed by atoms with Gasteiger partial charge < -0.3 is 15.4 Å². The third-order valence-corrected chi connectivity index (χ3v) is 5.82. The van der Waals surface area contributed by atoms with Crippen LogP contribution in [0.15, 0.2) is 60.9 Å². The zero-order chi connectivity index (χ0) is 20.9. The highest BCUT2D eigenvalue weighted by Gasteiger charge is 2.32. The fraction of sp³-hybridized carbons (Fsp3) is 0.130. The van der Waals surface area contributed by atoms with E-state index < -0.39 is 12.1 Å². The van der Waals surface area contributed by atoms with Crippen molar-refractivity contribution in [3.63, 3.8) is 0 Å². The van der Waals surface area contributed by atoms with Crippen molar-refractivity contribution in [2.24, 2.45) is 0 Å². The molecular formula is C23H18N6O2. The summed E-state index contributed by atoms with van der Waals surface area (Å²) in [5.74, 6) is -0.147. The molecule has 31 heavy (non-hydrogen) atoms. The zero-order valence-electron chi connectivity index (χ0n) is 16.3. The predicted octanol–water partition coefficient (Wildman–Crippen LogP) is 2.89. The van der Waals surface area contributed by atoms with E-state index in [0.717, 1.165) is 38.8 Å². The number of hydrogen-bond acceptors (Lipinski definition) is 5. The van der Waals surface area contributed by atoms with E-state index in [4.69, 9.17) is 0 Å². The summed E-state index contributed by atoms with van der Waals surface area (Å²) in [5, 5.41) is 21.7. The number of nitrogens with zero attached hydrogens (tertiary/aromatic N) is 3. The van der Waals surface area contributed by atoms with Gasteiger partial charge in [-0.2, -0.15) is 5.10 Å². The van der Waals surface area contributed by atoms with Gasteiger partial charge in [0.25, 0.3) is 5.91 Å². The second-order valence-electron chi connectivity index (χ2n) is 7.73. The number of carbonyl (C=O) groups excluding carboxylic acids is 1. The normalized spacial score (nSPS) is 17.8. The maximum Gasteiger partial charge on any atom is 0.287 e. The molecule has 3 heterocycles. The van der Waals surface area contributed by atoms with Gasteiger partial charge in [-0.1, -0.05) is 24.3 Å². The number of H-pyrrole nitrogens is 2. The zero-order valence-corrected chi connectivity index (χ0v) is 16.3. The second kappa shape index (κ2) is 6.75. The fourth-order valence-corrected chi connectivity index (χ4v) is 4.32. The summed E-state index contributed by atoms with van der Waals surface area (Å²) in [6, 6.07) is 14.9. The number of pyridine rings is 1. The first-order chi connectivity index (χ1) is 15.2. The van der Waals surface area contributed by atoms with Crippen LogP contribution in [0, 0.1) is 0 Å². The van der Waals surface area contributed by atoms with Crippen LogP contribution in [-0.2, 0) is 6.42 Å². The summed E-state index contributed by atoms with van der Waals surface area (Å²) in [5.41, 5.74) is 5.99. The van der Waals surface area contributed by atoms with Crippen molar-refractivity contribution in [1.29, 1.82) is 0 Å². The van der Waals surface area contributed by atoms with Crippen molar-refractivity contribution in [1.82, 2.24) is 30.5 Å². The molecule has 0 aliphatic heterocycles. The molecule has 1 aliphatic carbocycles. The molecule has 2 aromatic carbocycles. The molecule has 152 valence electrons. The molecule has 0 spiro atoms. The van der Waals surface area contributed by atoms with Crippen molar-refractivity contribution in [2.75, 3.05) is 0 Å². The third-order valence-electron chi connectivity index (χ3n) is 5.82. The Morgan fingerprint density at radius 1 is 1.10 bits per heavy atom. The van der Waals surface area contributed by atoms with Crippen LogP contribution < -0.4 is 5.32 Å². The predicted molar refractivity (Wildman–Crippen MR) is 115 cm³/mol. The van der Waals surface area contributed by atoms with E-state index in [2.05, 4.69) is 30.5 Å². The van der Waals surface area contributed by atoms with Gasteiger partial charge in [0.2, 0.25) is 0 Å². The van der Waals surface area contributed by atoms with Crippen molar-refractivity contribution < 1.29 is 9.90 Å². The number of amides is 1. The van der Waals surface area contributed by atoms with Crippen LogP contribution in [0.1, 0.15) is 27.8 Å². The van der Waals surface area contributed by atoms with E-state index in [0.29, 0.717) is 11.9 Å². The Bertz CT molecular complexity index is 1440. The molecule has 1 aliphatic rings. The number of benzene rings is 2. The molecule has 0 bridgehead atoms. The van der Waals surface area contributed by atoms with E-state index in [1.807, 2.05) is 48.5 Å². The first-order valence-corrected chi connectivity index (χ1v) is 10.0. The average Bonchev–Trinajstić information content (AvgIpc) is 3.48. The molecule has 1 amide bonds. The molecule has 5 aromatic rings. The summed E-state index contributed by atoms with van der Waals surface area (Å²) in [6.07, 6.45) is 3.32. The molecule has 0 fully saturated rings. The van der Waals surface area contributed by atoms with Crippen molar-refractivity contribution in [2.45, 2.75) is 18.6 Å². The Morgan fingerprint density at radius 2 is 1.94 bits per heavy atom. The van der Waals surface area contributed by atoms with Gasteiger partial charge in [-0.3, -0.25) is 14.9 Å². The van der Waals surface area contributed by atoms with Gasteiger partial charge in [-0.05, 0) is 35.4 Å². The summed E-state index contributed by atoms with van der Waals surface area (Å²) < 4.78 is 0. The Morgan fingerprint density at radius 3 is 2.81 bits per heavy atom. The highest BCUT2D eigenvalue weighted by molar-refractivity contribution is 6.02. The number of aliphatic hydroxyl groups is 1. The Balaban J connectivity index is 1.34. The number of rotatable bonds is 3. The number of aromatic amines is 2. The van der Waals surface area contributed by atoms with Gasteiger partial charge in [0, 0.05) is 29.8 Å². The smallest absolute Gasteiger partial charge is 0.287 e. The maximum atomic E-state index is 12.9. The minimum Gasteiger partial charge on any atom is -0.390 e. The number of fused-ring (bicyclic) bond motifs is 3. The standard InChI is InChI=1S/C23H18N6O2/c30-19-9-13-3-1-2-4-14(13)21(19)27-23(31)22-25-17-10-15-16(11-18(17)26-22)28-29-20(15)12-5-7-24-8-6-12/h1-8,10-11,19,21,30H,9H2,(H,25,26)(H,27,31)(H,28,29)/t19-,21-/m0/s1. The molecule has 0 saturated carbocycles. The van der Waals surface area contributed by atoms with Gasteiger partial charge in [0.05, 0.1) is 28.7 Å². The molecule has 0 saturated heterocycles. The van der Waals surface area contributed by atoms with Crippen LogP contribution in [0.3, 0.4) is 0 Å². The summed E-state index contributed by atoms with van der Waals surface area (Å²) >= 11 is 0. The first kappa shape index (κ1) is 17.8. The highest BCUT2D eigenvalue weighted by Crippen LogP contribution is 2.32. The van der Waals surface area contributed by atoms with Crippen LogP contribution in [0.25, 0.3) is 33.2 Å². The monoisotopic (exact) mass is 410 g/mol. The highest BCUT2D eigenvalue weighted by atomic mass is 16.3. The molecule has 0 radical (unpaired) electrons. The summed E-state index contributed by atoms with van der Waals surface area (Å²) in [4.78, 5) is 24.5. The van der Waals surface area contributed by atoms with Crippen LogP contribution in [0.5, 0.6) is 0 Å². The van der Waals surface area contributed by atoms with E-state index in [-0.39, 0.29) is 11.7 Å². The minimum atomic E-state index is -0.655. The van der Waals surface area contributed by atoms with Crippen molar-refractivity contribution >= 4 is 27.8 Å². The van der Waals surface area contributed by atoms with Crippen molar-refractivity contribution in [3.8, 4) is 11.3 Å². The largest absolute Gasteiger partial charge is 0.390 e. The molecule has 6 rings (SSSR count). The Hall–Kier alpha value is -4.04.